The highest BCUT2D eigenvalue weighted by Gasteiger charge is 2.34. The minimum atomic E-state index is -0.156. The van der Waals surface area contributed by atoms with Gasteiger partial charge in [-0.1, -0.05) is 25.0 Å². The lowest BCUT2D eigenvalue weighted by Gasteiger charge is -2.34. The van der Waals surface area contributed by atoms with Crippen molar-refractivity contribution in [2.24, 2.45) is 5.92 Å². The molecule has 1 aliphatic heterocycles. The monoisotopic (exact) mass is 290 g/mol. The topological polar surface area (TPSA) is 24.1 Å². The van der Waals surface area contributed by atoms with Gasteiger partial charge in [-0.2, -0.15) is 0 Å². The molecule has 2 nitrogen and oxygen atoms in total. The maximum atomic E-state index is 13.0. The summed E-state index contributed by atoms with van der Waals surface area (Å²) in [6.07, 6.45) is 7.96. The zero-order chi connectivity index (χ0) is 14.7. The van der Waals surface area contributed by atoms with Crippen LogP contribution in [-0.2, 0) is 0 Å². The Morgan fingerprint density at radius 1 is 1.10 bits per heavy atom. The van der Waals surface area contributed by atoms with E-state index in [0.717, 1.165) is 5.92 Å². The van der Waals surface area contributed by atoms with Crippen LogP contribution in [0.5, 0.6) is 0 Å². The van der Waals surface area contributed by atoms with Crippen molar-refractivity contribution in [2.45, 2.75) is 63.6 Å². The molecule has 116 valence electrons. The van der Waals surface area contributed by atoms with Crippen molar-refractivity contribution in [2.75, 3.05) is 6.54 Å². The second-order valence-electron chi connectivity index (χ2n) is 6.70. The predicted molar refractivity (Wildman–Crippen MR) is 84.7 cm³/mol. The summed E-state index contributed by atoms with van der Waals surface area (Å²) in [5.74, 6) is 0.601. The molecular weight excluding hydrogens is 263 g/mol. The van der Waals surface area contributed by atoms with E-state index in [4.69, 9.17) is 0 Å². The van der Waals surface area contributed by atoms with Crippen LogP contribution in [0.3, 0.4) is 0 Å². The normalized spacial score (nSPS) is 31.2. The first-order chi connectivity index (χ1) is 10.2. The summed E-state index contributed by atoms with van der Waals surface area (Å²) in [4.78, 5) is 0. The van der Waals surface area contributed by atoms with Gasteiger partial charge in [-0.05, 0) is 62.8 Å². The smallest absolute Gasteiger partial charge is 0.123 e. The number of benzene rings is 1. The van der Waals surface area contributed by atoms with Crippen LogP contribution >= 0.6 is 0 Å². The fourth-order valence-corrected chi connectivity index (χ4v) is 4.09. The molecule has 0 radical (unpaired) electrons. The van der Waals surface area contributed by atoms with Gasteiger partial charge >= 0.3 is 0 Å². The van der Waals surface area contributed by atoms with Crippen LogP contribution in [0.15, 0.2) is 24.3 Å². The number of nitrogens with one attached hydrogen (secondary N) is 2. The van der Waals surface area contributed by atoms with E-state index < -0.39 is 0 Å². The van der Waals surface area contributed by atoms with Crippen molar-refractivity contribution in [3.05, 3.63) is 35.6 Å². The number of rotatable bonds is 4. The Kier molecular flexibility index (Phi) is 4.91. The minimum Gasteiger partial charge on any atom is -0.314 e. The zero-order valence-electron chi connectivity index (χ0n) is 12.9. The largest absolute Gasteiger partial charge is 0.314 e. The molecule has 1 aliphatic carbocycles. The van der Waals surface area contributed by atoms with Gasteiger partial charge < -0.3 is 10.6 Å². The molecular formula is C18H27FN2. The molecule has 1 aromatic carbocycles. The molecule has 0 spiro atoms. The van der Waals surface area contributed by atoms with Crippen molar-refractivity contribution in [1.29, 1.82) is 0 Å². The van der Waals surface area contributed by atoms with Crippen molar-refractivity contribution < 1.29 is 4.39 Å². The Balaban J connectivity index is 1.61. The van der Waals surface area contributed by atoms with Crippen LogP contribution in [0.1, 0.15) is 57.1 Å². The van der Waals surface area contributed by atoms with Gasteiger partial charge in [0.1, 0.15) is 5.82 Å². The Bertz CT molecular complexity index is 439. The summed E-state index contributed by atoms with van der Waals surface area (Å²) in [5.41, 5.74) is 1.18. The van der Waals surface area contributed by atoms with Crippen molar-refractivity contribution in [3.8, 4) is 0 Å². The Hall–Kier alpha value is -0.930. The highest BCUT2D eigenvalue weighted by molar-refractivity contribution is 5.19. The molecule has 4 atom stereocenters. The van der Waals surface area contributed by atoms with Crippen LogP contribution in [0.4, 0.5) is 4.39 Å². The Morgan fingerprint density at radius 2 is 1.90 bits per heavy atom. The molecule has 2 fully saturated rings. The van der Waals surface area contributed by atoms with Crippen LogP contribution in [0.25, 0.3) is 0 Å². The van der Waals surface area contributed by atoms with E-state index in [1.807, 2.05) is 12.1 Å². The van der Waals surface area contributed by atoms with Crippen LogP contribution in [0.2, 0.25) is 0 Å². The second kappa shape index (κ2) is 6.89. The highest BCUT2D eigenvalue weighted by atomic mass is 19.1. The lowest BCUT2D eigenvalue weighted by Crippen LogP contribution is -2.47. The SMILES string of the molecule is C[C@H](NC1CCCC1C1CCCCN1)c1ccc(F)cc1. The molecule has 2 N–H and O–H groups in total. The predicted octanol–water partition coefficient (Wildman–Crippen LogP) is 3.79. The molecule has 21 heavy (non-hydrogen) atoms. The quantitative estimate of drug-likeness (QED) is 0.881. The van der Waals surface area contributed by atoms with E-state index in [1.54, 1.807) is 12.1 Å². The van der Waals surface area contributed by atoms with Crippen LogP contribution in [0, 0.1) is 11.7 Å². The van der Waals surface area contributed by atoms with Gasteiger partial charge in [0.05, 0.1) is 0 Å². The van der Waals surface area contributed by atoms with Gasteiger partial charge in [-0.3, -0.25) is 0 Å². The average Bonchev–Trinajstić information content (AvgIpc) is 2.97. The molecule has 0 amide bonds. The van der Waals surface area contributed by atoms with E-state index in [1.165, 1.54) is 50.6 Å². The zero-order valence-corrected chi connectivity index (χ0v) is 12.9. The summed E-state index contributed by atoms with van der Waals surface area (Å²) in [6, 6.07) is 8.50. The maximum absolute atomic E-state index is 13.0. The van der Waals surface area contributed by atoms with Crippen molar-refractivity contribution >= 4 is 0 Å². The van der Waals surface area contributed by atoms with E-state index in [0.29, 0.717) is 18.1 Å². The summed E-state index contributed by atoms with van der Waals surface area (Å²) < 4.78 is 13.0. The molecule has 1 aromatic rings. The first kappa shape index (κ1) is 15.0. The number of halogens is 1. The van der Waals surface area contributed by atoms with Gasteiger partial charge in [0.15, 0.2) is 0 Å². The molecule has 1 saturated carbocycles. The molecule has 0 aromatic heterocycles. The Labute approximate surface area is 127 Å². The lowest BCUT2D eigenvalue weighted by atomic mass is 9.88. The van der Waals surface area contributed by atoms with Crippen molar-refractivity contribution in [1.82, 2.24) is 10.6 Å². The lowest BCUT2D eigenvalue weighted by molar-refractivity contribution is 0.248. The summed E-state index contributed by atoms with van der Waals surface area (Å²) in [6.45, 7) is 3.37. The van der Waals surface area contributed by atoms with E-state index >= 15 is 0 Å². The van der Waals surface area contributed by atoms with Gasteiger partial charge in [0, 0.05) is 18.1 Å². The van der Waals surface area contributed by atoms with Gasteiger partial charge in [-0.25, -0.2) is 4.39 Å². The standard InChI is InChI=1S/C18H27FN2/c1-13(14-8-10-15(19)11-9-14)21-18-7-4-5-16(18)17-6-2-3-12-20-17/h8-11,13,16-18,20-21H,2-7,12H2,1H3/t13-,16?,17?,18?/m0/s1. The third kappa shape index (κ3) is 3.64. The van der Waals surface area contributed by atoms with Crippen LogP contribution < -0.4 is 10.6 Å². The molecule has 1 heterocycles. The van der Waals surface area contributed by atoms with E-state index in [-0.39, 0.29) is 5.82 Å². The Morgan fingerprint density at radius 3 is 2.62 bits per heavy atom. The fourth-order valence-electron chi connectivity index (χ4n) is 4.09. The maximum Gasteiger partial charge on any atom is 0.123 e. The van der Waals surface area contributed by atoms with Gasteiger partial charge in [0.25, 0.3) is 0 Å². The van der Waals surface area contributed by atoms with Crippen molar-refractivity contribution in [3.63, 3.8) is 0 Å². The summed E-state index contributed by atoms with van der Waals surface area (Å²) >= 11 is 0. The molecule has 2 aliphatic rings. The number of hydrogen-bond acceptors (Lipinski definition) is 2. The number of piperidine rings is 1. The van der Waals surface area contributed by atoms with Gasteiger partial charge in [-0.15, -0.1) is 0 Å². The fraction of sp³-hybridized carbons (Fsp3) is 0.667. The first-order valence-electron chi connectivity index (χ1n) is 8.49. The highest BCUT2D eigenvalue weighted by Crippen LogP contribution is 2.33. The third-order valence-corrected chi connectivity index (χ3v) is 5.27. The average molecular weight is 290 g/mol. The second-order valence-corrected chi connectivity index (χ2v) is 6.70. The van der Waals surface area contributed by atoms with E-state index in [2.05, 4.69) is 17.6 Å². The van der Waals surface area contributed by atoms with Crippen LogP contribution in [-0.4, -0.2) is 18.6 Å². The summed E-state index contributed by atoms with van der Waals surface area (Å²) in [7, 11) is 0. The first-order valence-corrected chi connectivity index (χ1v) is 8.49. The molecule has 0 bridgehead atoms. The number of hydrogen-bond donors (Lipinski definition) is 2. The molecule has 3 rings (SSSR count). The molecule has 3 heteroatoms. The molecule has 3 unspecified atom stereocenters. The van der Waals surface area contributed by atoms with Gasteiger partial charge in [0.2, 0.25) is 0 Å². The molecule has 1 saturated heterocycles. The summed E-state index contributed by atoms with van der Waals surface area (Å²) in [5, 5.41) is 7.52. The van der Waals surface area contributed by atoms with E-state index in [9.17, 15) is 4.39 Å². The minimum absolute atomic E-state index is 0.156. The third-order valence-electron chi connectivity index (χ3n) is 5.27.